The normalized spacial score (nSPS) is 10.1. The summed E-state index contributed by atoms with van der Waals surface area (Å²) in [7, 11) is 0. The molecule has 0 fully saturated rings. The molecule has 0 atom stereocenters. The molecule has 0 aliphatic carbocycles. The van der Waals surface area contributed by atoms with E-state index < -0.39 is 32.8 Å². The van der Waals surface area contributed by atoms with E-state index >= 15 is 0 Å². The second-order valence-corrected chi connectivity index (χ2v) is 3.92. The molecule has 2 aromatic rings. The number of nitrogens with zero attached hydrogens (tertiary/aromatic N) is 2. The van der Waals surface area contributed by atoms with Gasteiger partial charge in [0.15, 0.2) is 0 Å². The van der Waals surface area contributed by atoms with Gasteiger partial charge in [-0.15, -0.1) is 0 Å². The summed E-state index contributed by atoms with van der Waals surface area (Å²) in [6, 6.07) is 6.43. The van der Waals surface area contributed by atoms with Gasteiger partial charge >= 0.3 is 11.4 Å². The molecule has 0 saturated heterocycles. The second kappa shape index (κ2) is 5.41. The van der Waals surface area contributed by atoms with Crippen molar-refractivity contribution in [2.45, 2.75) is 0 Å². The third-order valence-corrected chi connectivity index (χ3v) is 2.55. The van der Waals surface area contributed by atoms with Gasteiger partial charge in [-0.05, 0) is 18.2 Å². The van der Waals surface area contributed by atoms with E-state index in [1.54, 1.807) is 0 Å². The SMILES string of the molecule is Nc1cccc(Oc2cc(F)ccc2[N+](=O)[O-])c1[N+](=O)[O-]. The van der Waals surface area contributed by atoms with Crippen molar-refractivity contribution >= 4 is 17.1 Å². The standard InChI is InChI=1S/C12H8FN3O5/c13-7-4-5-9(15(17)18)11(6-7)21-10-3-1-2-8(14)12(10)16(19)20/h1-6H,14H2. The fourth-order valence-corrected chi connectivity index (χ4v) is 1.66. The van der Waals surface area contributed by atoms with Gasteiger partial charge in [-0.1, -0.05) is 6.07 Å². The van der Waals surface area contributed by atoms with Gasteiger partial charge in [0.2, 0.25) is 11.5 Å². The molecule has 0 bridgehead atoms. The van der Waals surface area contributed by atoms with E-state index in [2.05, 4.69) is 0 Å². The number of nitrogen functional groups attached to an aromatic ring is 1. The number of hydrogen-bond donors (Lipinski definition) is 1. The minimum Gasteiger partial charge on any atom is -0.443 e. The molecule has 0 heterocycles. The third kappa shape index (κ3) is 2.86. The minimum atomic E-state index is -0.785. The number of nitrogens with two attached hydrogens (primary N) is 1. The zero-order valence-electron chi connectivity index (χ0n) is 10.4. The molecule has 21 heavy (non-hydrogen) atoms. The molecule has 108 valence electrons. The highest BCUT2D eigenvalue weighted by atomic mass is 19.1. The Morgan fingerprint density at radius 1 is 1.05 bits per heavy atom. The Morgan fingerprint density at radius 3 is 2.38 bits per heavy atom. The number of benzene rings is 2. The average Bonchev–Trinajstić information content (AvgIpc) is 2.37. The zero-order chi connectivity index (χ0) is 15.6. The summed E-state index contributed by atoms with van der Waals surface area (Å²) in [5, 5.41) is 21.8. The largest absolute Gasteiger partial charge is 0.443 e. The number of nitro groups is 2. The lowest BCUT2D eigenvalue weighted by Gasteiger charge is -2.08. The Labute approximate surface area is 116 Å². The van der Waals surface area contributed by atoms with E-state index in [1.807, 2.05) is 0 Å². The Bertz CT molecular complexity index is 735. The van der Waals surface area contributed by atoms with Gasteiger partial charge in [-0.25, -0.2) is 4.39 Å². The van der Waals surface area contributed by atoms with E-state index in [0.29, 0.717) is 0 Å². The molecule has 0 aromatic heterocycles. The van der Waals surface area contributed by atoms with Crippen LogP contribution in [-0.4, -0.2) is 9.85 Å². The molecule has 2 rings (SSSR count). The van der Waals surface area contributed by atoms with Crippen LogP contribution in [0.1, 0.15) is 0 Å². The summed E-state index contributed by atoms with van der Waals surface area (Å²) in [4.78, 5) is 20.2. The van der Waals surface area contributed by atoms with Gasteiger partial charge in [-0.2, -0.15) is 0 Å². The quantitative estimate of drug-likeness (QED) is 0.525. The Kier molecular flexibility index (Phi) is 3.65. The third-order valence-electron chi connectivity index (χ3n) is 2.55. The van der Waals surface area contributed by atoms with Crippen LogP contribution in [0.25, 0.3) is 0 Å². The fraction of sp³-hybridized carbons (Fsp3) is 0. The maximum atomic E-state index is 13.2. The Balaban J connectivity index is 2.53. The Hall–Kier alpha value is -3.23. The van der Waals surface area contributed by atoms with E-state index in [1.165, 1.54) is 18.2 Å². The van der Waals surface area contributed by atoms with Gasteiger partial charge in [0, 0.05) is 12.1 Å². The topological polar surface area (TPSA) is 122 Å². The first kappa shape index (κ1) is 14.2. The summed E-state index contributed by atoms with van der Waals surface area (Å²) in [5.74, 6) is -1.54. The first-order chi connectivity index (χ1) is 9.90. The molecule has 2 N–H and O–H groups in total. The van der Waals surface area contributed by atoms with Crippen molar-refractivity contribution in [1.29, 1.82) is 0 Å². The average molecular weight is 293 g/mol. The summed E-state index contributed by atoms with van der Waals surface area (Å²) < 4.78 is 18.3. The van der Waals surface area contributed by atoms with Crippen molar-refractivity contribution in [1.82, 2.24) is 0 Å². The number of anilines is 1. The first-order valence-electron chi connectivity index (χ1n) is 5.55. The molecule has 0 amide bonds. The number of nitro benzene ring substituents is 2. The van der Waals surface area contributed by atoms with E-state index in [4.69, 9.17) is 10.5 Å². The molecule has 2 aromatic carbocycles. The molecular formula is C12H8FN3O5. The Morgan fingerprint density at radius 2 is 1.76 bits per heavy atom. The van der Waals surface area contributed by atoms with Gasteiger partial charge in [0.05, 0.1) is 9.85 Å². The first-order valence-corrected chi connectivity index (χ1v) is 5.55. The van der Waals surface area contributed by atoms with Gasteiger partial charge in [-0.3, -0.25) is 20.2 Å². The lowest BCUT2D eigenvalue weighted by molar-refractivity contribution is -0.387. The van der Waals surface area contributed by atoms with Crippen molar-refractivity contribution in [2.24, 2.45) is 0 Å². The number of hydrogen-bond acceptors (Lipinski definition) is 6. The number of ether oxygens (including phenoxy) is 1. The van der Waals surface area contributed by atoms with Gasteiger partial charge in [0.25, 0.3) is 0 Å². The highest BCUT2D eigenvalue weighted by Crippen LogP contribution is 2.39. The maximum Gasteiger partial charge on any atom is 0.334 e. The number of para-hydroxylation sites is 1. The van der Waals surface area contributed by atoms with Crippen LogP contribution in [-0.2, 0) is 0 Å². The molecule has 0 aliphatic heterocycles. The zero-order valence-corrected chi connectivity index (χ0v) is 10.4. The van der Waals surface area contributed by atoms with Gasteiger partial charge < -0.3 is 10.5 Å². The lowest BCUT2D eigenvalue weighted by atomic mass is 10.2. The van der Waals surface area contributed by atoms with Crippen molar-refractivity contribution in [2.75, 3.05) is 5.73 Å². The molecule has 8 nitrogen and oxygen atoms in total. The van der Waals surface area contributed by atoms with Crippen LogP contribution >= 0.6 is 0 Å². The highest BCUT2D eigenvalue weighted by Gasteiger charge is 2.23. The molecular weight excluding hydrogens is 285 g/mol. The predicted molar refractivity (Wildman–Crippen MR) is 70.6 cm³/mol. The van der Waals surface area contributed by atoms with E-state index in [-0.39, 0.29) is 11.4 Å². The summed E-state index contributed by atoms with van der Waals surface area (Å²) >= 11 is 0. The van der Waals surface area contributed by atoms with E-state index in [9.17, 15) is 24.6 Å². The van der Waals surface area contributed by atoms with E-state index in [0.717, 1.165) is 18.2 Å². The van der Waals surface area contributed by atoms with Crippen LogP contribution in [0.15, 0.2) is 36.4 Å². The van der Waals surface area contributed by atoms with Gasteiger partial charge in [0.1, 0.15) is 11.5 Å². The lowest BCUT2D eigenvalue weighted by Crippen LogP contribution is -2.00. The van der Waals surface area contributed by atoms with Crippen LogP contribution in [0.2, 0.25) is 0 Å². The maximum absolute atomic E-state index is 13.2. The second-order valence-electron chi connectivity index (χ2n) is 3.92. The predicted octanol–water partition coefficient (Wildman–Crippen LogP) is 3.02. The van der Waals surface area contributed by atoms with Crippen molar-refractivity contribution in [3.8, 4) is 11.5 Å². The monoisotopic (exact) mass is 293 g/mol. The van der Waals surface area contributed by atoms with Crippen LogP contribution < -0.4 is 10.5 Å². The molecule has 0 unspecified atom stereocenters. The molecule has 0 saturated carbocycles. The smallest absolute Gasteiger partial charge is 0.334 e. The van der Waals surface area contributed by atoms with Crippen LogP contribution in [0, 0.1) is 26.0 Å². The fourth-order valence-electron chi connectivity index (χ4n) is 1.66. The number of halogens is 1. The number of rotatable bonds is 4. The minimum absolute atomic E-state index is 0.170. The molecule has 9 heteroatoms. The van der Waals surface area contributed by atoms with Crippen LogP contribution in [0.5, 0.6) is 11.5 Å². The molecule has 0 aliphatic rings. The van der Waals surface area contributed by atoms with Crippen molar-refractivity contribution in [3.05, 3.63) is 62.4 Å². The van der Waals surface area contributed by atoms with Crippen LogP contribution in [0.3, 0.4) is 0 Å². The summed E-state index contributed by atoms with van der Waals surface area (Å²) in [6.45, 7) is 0. The molecule has 0 radical (unpaired) electrons. The summed E-state index contributed by atoms with van der Waals surface area (Å²) in [6.07, 6.45) is 0. The summed E-state index contributed by atoms with van der Waals surface area (Å²) in [5.41, 5.74) is 4.24. The van der Waals surface area contributed by atoms with Crippen molar-refractivity contribution in [3.63, 3.8) is 0 Å². The highest BCUT2D eigenvalue weighted by molar-refractivity contribution is 5.67. The van der Waals surface area contributed by atoms with Crippen molar-refractivity contribution < 1.29 is 19.0 Å². The molecule has 0 spiro atoms. The van der Waals surface area contributed by atoms with Crippen LogP contribution in [0.4, 0.5) is 21.5 Å².